The summed E-state index contributed by atoms with van der Waals surface area (Å²) in [4.78, 5) is 2.80. The molecule has 1 aliphatic heterocycles. The van der Waals surface area contributed by atoms with Crippen LogP contribution in [-0.2, 0) is 0 Å². The van der Waals surface area contributed by atoms with Crippen LogP contribution in [0, 0.1) is 5.92 Å². The maximum absolute atomic E-state index is 3.47. The van der Waals surface area contributed by atoms with E-state index in [9.17, 15) is 0 Å². The summed E-state index contributed by atoms with van der Waals surface area (Å²) in [5.74, 6) is 0.940. The Kier molecular flexibility index (Phi) is 4.26. The van der Waals surface area contributed by atoms with Crippen LogP contribution in [0.5, 0.6) is 0 Å². The molecule has 1 saturated heterocycles. The molecule has 2 nitrogen and oxygen atoms in total. The van der Waals surface area contributed by atoms with Gasteiger partial charge >= 0.3 is 0 Å². The quantitative estimate of drug-likeness (QED) is 0.776. The topological polar surface area (TPSA) is 15.3 Å². The molecule has 1 N–H and O–H groups in total. The van der Waals surface area contributed by atoms with E-state index in [0.29, 0.717) is 0 Å². The summed E-state index contributed by atoms with van der Waals surface area (Å²) in [6, 6.07) is 2.43. The third kappa shape index (κ3) is 2.78. The number of nitrogens with zero attached hydrogens (tertiary/aromatic N) is 1. The molecule has 4 unspecified atom stereocenters. The zero-order valence-electron chi connectivity index (χ0n) is 11.2. The molecule has 0 bridgehead atoms. The standard InChI is InChI=1S/C14H28N2/c1-11-7-8-16(12(2)9-11)14-6-4-5-13(10-14)15-3/h11-15H,4-10H2,1-3H3. The lowest BCUT2D eigenvalue weighted by molar-refractivity contribution is 0.0559. The zero-order chi connectivity index (χ0) is 11.5. The van der Waals surface area contributed by atoms with E-state index in [1.54, 1.807) is 0 Å². The highest BCUT2D eigenvalue weighted by Crippen LogP contribution is 2.30. The Morgan fingerprint density at radius 1 is 1.06 bits per heavy atom. The number of nitrogens with one attached hydrogen (secondary N) is 1. The van der Waals surface area contributed by atoms with Gasteiger partial charge in [-0.1, -0.05) is 13.3 Å². The first-order valence-electron chi connectivity index (χ1n) is 7.13. The summed E-state index contributed by atoms with van der Waals surface area (Å²) in [7, 11) is 2.12. The van der Waals surface area contributed by atoms with Crippen LogP contribution in [0.1, 0.15) is 52.4 Å². The predicted molar refractivity (Wildman–Crippen MR) is 69.7 cm³/mol. The van der Waals surface area contributed by atoms with Crippen molar-refractivity contribution in [1.29, 1.82) is 0 Å². The molecule has 1 saturated carbocycles. The fourth-order valence-electron chi connectivity index (χ4n) is 3.70. The van der Waals surface area contributed by atoms with Crippen LogP contribution in [0.3, 0.4) is 0 Å². The van der Waals surface area contributed by atoms with Gasteiger partial charge in [-0.15, -0.1) is 0 Å². The molecule has 1 heterocycles. The Hall–Kier alpha value is -0.0800. The van der Waals surface area contributed by atoms with E-state index in [4.69, 9.17) is 0 Å². The summed E-state index contributed by atoms with van der Waals surface area (Å²) in [6.07, 6.45) is 8.40. The van der Waals surface area contributed by atoms with Gasteiger partial charge in [-0.3, -0.25) is 4.90 Å². The molecular weight excluding hydrogens is 196 g/mol. The average Bonchev–Trinajstić information content (AvgIpc) is 2.29. The summed E-state index contributed by atoms with van der Waals surface area (Å²) < 4.78 is 0. The molecule has 4 atom stereocenters. The van der Waals surface area contributed by atoms with Crippen molar-refractivity contribution < 1.29 is 0 Å². The summed E-state index contributed by atoms with van der Waals surface area (Å²) in [6.45, 7) is 6.17. The van der Waals surface area contributed by atoms with Gasteiger partial charge in [-0.2, -0.15) is 0 Å². The molecule has 2 aliphatic rings. The number of piperidine rings is 1. The van der Waals surface area contributed by atoms with Crippen LogP contribution in [0.25, 0.3) is 0 Å². The van der Waals surface area contributed by atoms with Gasteiger partial charge in [0.05, 0.1) is 0 Å². The van der Waals surface area contributed by atoms with Gasteiger partial charge in [0, 0.05) is 18.1 Å². The number of likely N-dealkylation sites (tertiary alicyclic amines) is 1. The van der Waals surface area contributed by atoms with Crippen LogP contribution >= 0.6 is 0 Å². The maximum Gasteiger partial charge on any atom is 0.0113 e. The molecular formula is C14H28N2. The first kappa shape index (κ1) is 12.4. The van der Waals surface area contributed by atoms with Crippen molar-refractivity contribution in [2.75, 3.05) is 13.6 Å². The number of hydrogen-bond donors (Lipinski definition) is 1. The van der Waals surface area contributed by atoms with Crippen LogP contribution < -0.4 is 5.32 Å². The number of hydrogen-bond acceptors (Lipinski definition) is 2. The van der Waals surface area contributed by atoms with Gasteiger partial charge in [0.1, 0.15) is 0 Å². The van der Waals surface area contributed by atoms with Crippen molar-refractivity contribution in [2.24, 2.45) is 5.92 Å². The van der Waals surface area contributed by atoms with Crippen molar-refractivity contribution in [3.8, 4) is 0 Å². The lowest BCUT2D eigenvalue weighted by atomic mass is 9.85. The first-order chi connectivity index (χ1) is 7.70. The van der Waals surface area contributed by atoms with E-state index in [1.165, 1.54) is 45.1 Å². The van der Waals surface area contributed by atoms with Gasteiger partial charge in [-0.05, 0) is 58.5 Å². The third-order valence-corrected chi connectivity index (χ3v) is 4.71. The van der Waals surface area contributed by atoms with Crippen LogP contribution in [0.2, 0.25) is 0 Å². The summed E-state index contributed by atoms with van der Waals surface area (Å²) in [5.41, 5.74) is 0. The second-order valence-electron chi connectivity index (χ2n) is 6.02. The second kappa shape index (κ2) is 5.50. The molecule has 0 radical (unpaired) electrons. The minimum atomic E-state index is 0.769. The fourth-order valence-corrected chi connectivity index (χ4v) is 3.70. The highest BCUT2D eigenvalue weighted by Gasteiger charge is 2.31. The van der Waals surface area contributed by atoms with Gasteiger partial charge in [0.25, 0.3) is 0 Å². The Morgan fingerprint density at radius 2 is 1.88 bits per heavy atom. The van der Waals surface area contributed by atoms with E-state index in [-0.39, 0.29) is 0 Å². The second-order valence-corrected chi connectivity index (χ2v) is 6.02. The molecule has 94 valence electrons. The Labute approximate surface area is 101 Å². The smallest absolute Gasteiger partial charge is 0.0113 e. The van der Waals surface area contributed by atoms with Gasteiger partial charge < -0.3 is 5.32 Å². The van der Waals surface area contributed by atoms with Crippen LogP contribution in [0.15, 0.2) is 0 Å². The normalized spacial score (nSPS) is 42.2. The molecule has 0 spiro atoms. The molecule has 0 aromatic rings. The zero-order valence-corrected chi connectivity index (χ0v) is 11.2. The monoisotopic (exact) mass is 224 g/mol. The van der Waals surface area contributed by atoms with E-state index in [0.717, 1.165) is 24.0 Å². The highest BCUT2D eigenvalue weighted by atomic mass is 15.2. The van der Waals surface area contributed by atoms with Crippen LogP contribution in [-0.4, -0.2) is 36.6 Å². The summed E-state index contributed by atoms with van der Waals surface area (Å²) >= 11 is 0. The minimum Gasteiger partial charge on any atom is -0.317 e. The highest BCUT2D eigenvalue weighted by molar-refractivity contribution is 4.88. The van der Waals surface area contributed by atoms with Crippen molar-refractivity contribution in [1.82, 2.24) is 10.2 Å². The van der Waals surface area contributed by atoms with E-state index < -0.39 is 0 Å². The maximum atomic E-state index is 3.47. The van der Waals surface area contributed by atoms with Gasteiger partial charge in [0.15, 0.2) is 0 Å². The van der Waals surface area contributed by atoms with Gasteiger partial charge in [0.2, 0.25) is 0 Å². The lowest BCUT2D eigenvalue weighted by Gasteiger charge is -2.44. The van der Waals surface area contributed by atoms with Crippen molar-refractivity contribution in [3.63, 3.8) is 0 Å². The molecule has 2 fully saturated rings. The molecule has 2 heteroatoms. The Morgan fingerprint density at radius 3 is 2.56 bits per heavy atom. The largest absolute Gasteiger partial charge is 0.317 e. The third-order valence-electron chi connectivity index (χ3n) is 4.71. The van der Waals surface area contributed by atoms with Crippen molar-refractivity contribution in [2.45, 2.75) is 70.5 Å². The minimum absolute atomic E-state index is 0.769. The van der Waals surface area contributed by atoms with Gasteiger partial charge in [-0.25, -0.2) is 0 Å². The molecule has 2 rings (SSSR count). The molecule has 0 amide bonds. The summed E-state index contributed by atoms with van der Waals surface area (Å²) in [5, 5.41) is 3.47. The van der Waals surface area contributed by atoms with E-state index >= 15 is 0 Å². The first-order valence-corrected chi connectivity index (χ1v) is 7.13. The molecule has 16 heavy (non-hydrogen) atoms. The number of rotatable bonds is 2. The van der Waals surface area contributed by atoms with E-state index in [1.807, 2.05) is 0 Å². The van der Waals surface area contributed by atoms with E-state index in [2.05, 4.69) is 31.1 Å². The average molecular weight is 224 g/mol. The Balaban J connectivity index is 1.90. The predicted octanol–water partition coefficient (Wildman–Crippen LogP) is 2.64. The fraction of sp³-hybridized carbons (Fsp3) is 1.00. The molecule has 0 aromatic carbocycles. The SMILES string of the molecule is CNC1CCCC(N2CCC(C)CC2C)C1. The molecule has 0 aromatic heterocycles. The van der Waals surface area contributed by atoms with Crippen LogP contribution in [0.4, 0.5) is 0 Å². The molecule has 1 aliphatic carbocycles. The van der Waals surface area contributed by atoms with Crippen molar-refractivity contribution >= 4 is 0 Å². The van der Waals surface area contributed by atoms with Crippen molar-refractivity contribution in [3.05, 3.63) is 0 Å². The lowest BCUT2D eigenvalue weighted by Crippen LogP contribution is -2.50. The Bertz CT molecular complexity index is 217.